The van der Waals surface area contributed by atoms with Gasteiger partial charge in [0.05, 0.1) is 11.8 Å². The standard InChI is InChI=1S/C21H32N2O3/c1-14-12-18(22)19(25-16-6-5-7-16)13-17(14)15-8-10-23(11-9-15)20(24)26-21(2,3)4/h12-13,15-16H,5-11,22H2,1-4H3. The molecule has 2 N–H and O–H groups in total. The van der Waals surface area contributed by atoms with E-state index in [1.165, 1.54) is 17.5 Å². The molecule has 1 aliphatic heterocycles. The molecule has 0 radical (unpaired) electrons. The summed E-state index contributed by atoms with van der Waals surface area (Å²) in [6.07, 6.45) is 5.47. The highest BCUT2D eigenvalue weighted by atomic mass is 16.6. The van der Waals surface area contributed by atoms with E-state index >= 15 is 0 Å². The number of rotatable bonds is 3. The SMILES string of the molecule is Cc1cc(N)c(OC2CCC2)cc1C1CCN(C(=O)OC(C)(C)C)CC1. The van der Waals surface area contributed by atoms with Gasteiger partial charge in [0.2, 0.25) is 0 Å². The summed E-state index contributed by atoms with van der Waals surface area (Å²) in [4.78, 5) is 14.1. The fourth-order valence-corrected chi connectivity index (χ4v) is 3.64. The van der Waals surface area contributed by atoms with Crippen molar-refractivity contribution in [2.75, 3.05) is 18.8 Å². The van der Waals surface area contributed by atoms with Crippen LogP contribution in [0.5, 0.6) is 5.75 Å². The first-order valence-electron chi connectivity index (χ1n) is 9.77. The predicted octanol–water partition coefficient (Wildman–Crippen LogP) is 4.62. The van der Waals surface area contributed by atoms with Crippen molar-refractivity contribution in [2.45, 2.75) is 77.4 Å². The summed E-state index contributed by atoms with van der Waals surface area (Å²) in [7, 11) is 0. The van der Waals surface area contributed by atoms with Crippen molar-refractivity contribution >= 4 is 11.8 Å². The lowest BCUT2D eigenvalue weighted by atomic mass is 9.86. The van der Waals surface area contributed by atoms with Crippen LogP contribution in [0.3, 0.4) is 0 Å². The highest BCUT2D eigenvalue weighted by Crippen LogP contribution is 2.37. The second-order valence-electron chi connectivity index (χ2n) is 8.66. The predicted molar refractivity (Wildman–Crippen MR) is 104 cm³/mol. The summed E-state index contributed by atoms with van der Waals surface area (Å²) in [5, 5.41) is 0. The van der Waals surface area contributed by atoms with Gasteiger partial charge in [0.25, 0.3) is 0 Å². The second-order valence-corrected chi connectivity index (χ2v) is 8.66. The molecule has 2 fully saturated rings. The first-order valence-corrected chi connectivity index (χ1v) is 9.77. The topological polar surface area (TPSA) is 64.8 Å². The molecule has 1 saturated carbocycles. The molecular formula is C21H32N2O3. The van der Waals surface area contributed by atoms with E-state index in [0.29, 0.717) is 12.0 Å². The van der Waals surface area contributed by atoms with Crippen LogP contribution in [0, 0.1) is 6.92 Å². The lowest BCUT2D eigenvalue weighted by Crippen LogP contribution is -2.41. The zero-order chi connectivity index (χ0) is 18.9. The van der Waals surface area contributed by atoms with Crippen LogP contribution >= 0.6 is 0 Å². The number of anilines is 1. The molecule has 3 rings (SSSR count). The first-order chi connectivity index (χ1) is 12.2. The number of hydrogen-bond acceptors (Lipinski definition) is 4. The van der Waals surface area contributed by atoms with Gasteiger partial charge in [-0.1, -0.05) is 0 Å². The third-order valence-electron chi connectivity index (χ3n) is 5.33. The number of nitrogens with two attached hydrogens (primary N) is 1. The van der Waals surface area contributed by atoms with Crippen LogP contribution in [0.1, 0.15) is 69.9 Å². The number of likely N-dealkylation sites (tertiary alicyclic amines) is 1. The second kappa shape index (κ2) is 7.37. The summed E-state index contributed by atoms with van der Waals surface area (Å²) >= 11 is 0. The summed E-state index contributed by atoms with van der Waals surface area (Å²) in [6.45, 7) is 9.26. The maximum atomic E-state index is 12.3. The Hall–Kier alpha value is -1.91. The van der Waals surface area contributed by atoms with Crippen LogP contribution in [0.4, 0.5) is 10.5 Å². The highest BCUT2D eigenvalue weighted by Gasteiger charge is 2.29. The van der Waals surface area contributed by atoms with Gasteiger partial charge >= 0.3 is 6.09 Å². The van der Waals surface area contributed by atoms with Gasteiger partial charge < -0.3 is 20.1 Å². The van der Waals surface area contributed by atoms with Gasteiger partial charge in [-0.05, 0) is 89.0 Å². The molecule has 5 nitrogen and oxygen atoms in total. The molecule has 0 spiro atoms. The Kier molecular flexibility index (Phi) is 5.35. The Bertz CT molecular complexity index is 654. The quantitative estimate of drug-likeness (QED) is 0.799. The minimum Gasteiger partial charge on any atom is -0.488 e. The van der Waals surface area contributed by atoms with Gasteiger partial charge in [0.1, 0.15) is 11.4 Å². The average Bonchev–Trinajstić information content (AvgIpc) is 2.51. The molecule has 0 unspecified atom stereocenters. The molecular weight excluding hydrogens is 328 g/mol. The molecule has 26 heavy (non-hydrogen) atoms. The Balaban J connectivity index is 1.65. The number of benzene rings is 1. The maximum Gasteiger partial charge on any atom is 0.410 e. The van der Waals surface area contributed by atoms with Crippen LogP contribution < -0.4 is 10.5 Å². The zero-order valence-corrected chi connectivity index (χ0v) is 16.5. The largest absolute Gasteiger partial charge is 0.488 e. The monoisotopic (exact) mass is 360 g/mol. The Morgan fingerprint density at radius 3 is 2.35 bits per heavy atom. The number of nitrogen functional groups attached to an aromatic ring is 1. The molecule has 2 aliphatic rings. The number of ether oxygens (including phenoxy) is 2. The van der Waals surface area contributed by atoms with E-state index in [1.807, 2.05) is 31.7 Å². The van der Waals surface area contributed by atoms with Crippen LogP contribution in [0.25, 0.3) is 0 Å². The number of amides is 1. The van der Waals surface area contributed by atoms with Crippen LogP contribution in [-0.2, 0) is 4.74 Å². The van der Waals surface area contributed by atoms with Crippen molar-refractivity contribution in [1.82, 2.24) is 4.90 Å². The van der Waals surface area contributed by atoms with Crippen molar-refractivity contribution in [2.24, 2.45) is 0 Å². The molecule has 1 aromatic rings. The molecule has 1 heterocycles. The Morgan fingerprint density at radius 2 is 1.81 bits per heavy atom. The van der Waals surface area contributed by atoms with Gasteiger partial charge in [-0.3, -0.25) is 0 Å². The van der Waals surface area contributed by atoms with E-state index in [-0.39, 0.29) is 6.09 Å². The number of carbonyl (C=O) groups excluding carboxylic acids is 1. The van der Waals surface area contributed by atoms with Crippen molar-refractivity contribution in [1.29, 1.82) is 0 Å². The third kappa shape index (κ3) is 4.43. The molecule has 0 atom stereocenters. The number of nitrogens with zero attached hydrogens (tertiary/aromatic N) is 1. The summed E-state index contributed by atoms with van der Waals surface area (Å²) in [5.41, 5.74) is 8.96. The lowest BCUT2D eigenvalue weighted by molar-refractivity contribution is 0.0204. The van der Waals surface area contributed by atoms with Crippen molar-refractivity contribution in [3.05, 3.63) is 23.3 Å². The third-order valence-corrected chi connectivity index (χ3v) is 5.33. The van der Waals surface area contributed by atoms with Gasteiger partial charge in [0, 0.05) is 13.1 Å². The van der Waals surface area contributed by atoms with E-state index in [9.17, 15) is 4.79 Å². The van der Waals surface area contributed by atoms with E-state index in [0.717, 1.165) is 50.2 Å². The lowest BCUT2D eigenvalue weighted by Gasteiger charge is -2.34. The fraction of sp³-hybridized carbons (Fsp3) is 0.667. The van der Waals surface area contributed by atoms with Crippen LogP contribution in [-0.4, -0.2) is 35.8 Å². The van der Waals surface area contributed by atoms with Gasteiger partial charge in [-0.25, -0.2) is 4.79 Å². The molecule has 1 amide bonds. The molecule has 5 heteroatoms. The maximum absolute atomic E-state index is 12.3. The van der Waals surface area contributed by atoms with Gasteiger partial charge in [-0.15, -0.1) is 0 Å². The average molecular weight is 360 g/mol. The number of aryl methyl sites for hydroxylation is 1. The van der Waals surface area contributed by atoms with Crippen molar-refractivity contribution < 1.29 is 14.3 Å². The minimum absolute atomic E-state index is 0.209. The highest BCUT2D eigenvalue weighted by molar-refractivity contribution is 5.68. The van der Waals surface area contributed by atoms with Crippen LogP contribution in [0.15, 0.2) is 12.1 Å². The summed E-state index contributed by atoms with van der Waals surface area (Å²) < 4.78 is 11.6. The molecule has 0 aromatic heterocycles. The summed E-state index contributed by atoms with van der Waals surface area (Å²) in [5.74, 6) is 1.25. The Morgan fingerprint density at radius 1 is 1.15 bits per heavy atom. The smallest absolute Gasteiger partial charge is 0.410 e. The summed E-state index contributed by atoms with van der Waals surface area (Å²) in [6, 6.07) is 4.17. The fourth-order valence-electron chi connectivity index (χ4n) is 3.64. The first kappa shape index (κ1) is 18.9. The number of piperidine rings is 1. The normalized spacial score (nSPS) is 19.2. The van der Waals surface area contributed by atoms with Crippen LogP contribution in [0.2, 0.25) is 0 Å². The molecule has 0 bridgehead atoms. The number of carbonyl (C=O) groups is 1. The Labute approximate surface area is 156 Å². The minimum atomic E-state index is -0.449. The van der Waals surface area contributed by atoms with E-state index < -0.39 is 5.60 Å². The van der Waals surface area contributed by atoms with Crippen molar-refractivity contribution in [3.8, 4) is 5.75 Å². The molecule has 1 aliphatic carbocycles. The number of hydrogen-bond donors (Lipinski definition) is 1. The van der Waals surface area contributed by atoms with Gasteiger partial charge in [-0.2, -0.15) is 0 Å². The zero-order valence-electron chi connectivity index (χ0n) is 16.5. The van der Waals surface area contributed by atoms with E-state index in [2.05, 4.69) is 13.0 Å². The van der Waals surface area contributed by atoms with Gasteiger partial charge in [0.15, 0.2) is 0 Å². The van der Waals surface area contributed by atoms with Crippen molar-refractivity contribution in [3.63, 3.8) is 0 Å². The van der Waals surface area contributed by atoms with E-state index in [4.69, 9.17) is 15.2 Å². The molecule has 144 valence electrons. The molecule has 1 aromatic carbocycles. The van der Waals surface area contributed by atoms with E-state index in [1.54, 1.807) is 0 Å². The molecule has 1 saturated heterocycles.